The van der Waals surface area contributed by atoms with E-state index in [1.807, 2.05) is 25.1 Å². The van der Waals surface area contributed by atoms with Crippen molar-refractivity contribution in [2.75, 3.05) is 5.32 Å². The number of carbonyl (C=O) groups is 1. The molecule has 2 aliphatic rings. The first-order chi connectivity index (χ1) is 10.2. The lowest BCUT2D eigenvalue weighted by molar-refractivity contribution is -0.119. The quantitative estimate of drug-likeness (QED) is 0.832. The molecule has 0 bridgehead atoms. The van der Waals surface area contributed by atoms with Gasteiger partial charge in [0.15, 0.2) is 5.78 Å². The molecule has 4 heteroatoms. The molecule has 3 rings (SSSR count). The minimum Gasteiger partial charge on any atom is -0.378 e. The molecule has 1 aromatic rings. The Hall–Kier alpha value is -1.29. The molecule has 0 radical (unpaired) electrons. The van der Waals surface area contributed by atoms with E-state index in [1.165, 1.54) is 0 Å². The van der Waals surface area contributed by atoms with Gasteiger partial charge in [-0.2, -0.15) is 0 Å². The van der Waals surface area contributed by atoms with Crippen molar-refractivity contribution in [3.05, 3.63) is 24.3 Å². The van der Waals surface area contributed by atoms with Crippen LogP contribution in [0.25, 0.3) is 0 Å². The smallest absolute Gasteiger partial charge is 0.155 e. The van der Waals surface area contributed by atoms with E-state index in [0.717, 1.165) is 23.5 Å². The number of anilines is 1. The van der Waals surface area contributed by atoms with Gasteiger partial charge in [0.1, 0.15) is 0 Å². The number of thioether (sulfide) groups is 1. The van der Waals surface area contributed by atoms with Gasteiger partial charge >= 0.3 is 0 Å². The number of para-hydroxylation sites is 2. The van der Waals surface area contributed by atoms with Gasteiger partial charge in [0.2, 0.25) is 0 Å². The van der Waals surface area contributed by atoms with Gasteiger partial charge in [0, 0.05) is 22.4 Å². The summed E-state index contributed by atoms with van der Waals surface area (Å²) < 4.78 is -0.0926. The molecule has 1 aromatic carbocycles. The average molecular weight is 316 g/mol. The van der Waals surface area contributed by atoms with Crippen LogP contribution in [0.4, 0.5) is 11.4 Å². The maximum absolute atomic E-state index is 12.7. The molecule has 0 spiro atoms. The Morgan fingerprint density at radius 1 is 1.23 bits per heavy atom. The van der Waals surface area contributed by atoms with Crippen LogP contribution in [0.1, 0.15) is 41.0 Å². The molecule has 2 heterocycles. The highest BCUT2D eigenvalue weighted by molar-refractivity contribution is 8.02. The lowest BCUT2D eigenvalue weighted by Crippen LogP contribution is -2.40. The monoisotopic (exact) mass is 316 g/mol. The number of nitrogens with zero attached hydrogens (tertiary/aromatic N) is 1. The summed E-state index contributed by atoms with van der Waals surface area (Å²) in [5.41, 5.74) is 2.90. The molecule has 0 aliphatic carbocycles. The number of hydrogen-bond acceptors (Lipinski definition) is 4. The van der Waals surface area contributed by atoms with E-state index in [1.54, 1.807) is 11.8 Å². The summed E-state index contributed by atoms with van der Waals surface area (Å²) in [6.45, 7) is 10.7. The normalized spacial score (nSPS) is 29.3. The van der Waals surface area contributed by atoms with Crippen LogP contribution in [0, 0.1) is 5.92 Å². The first-order valence-corrected chi connectivity index (χ1v) is 8.74. The molecule has 2 atom stereocenters. The fraction of sp³-hybridized carbons (Fsp3) is 0.556. The molecular formula is C18H24N2OS. The van der Waals surface area contributed by atoms with Crippen molar-refractivity contribution in [2.45, 2.75) is 56.6 Å². The molecule has 118 valence electrons. The average Bonchev–Trinajstić information content (AvgIpc) is 2.52. The number of hydrogen-bond donors (Lipinski definition) is 1. The number of fused-ring (bicyclic) bond motifs is 1. The highest BCUT2D eigenvalue weighted by atomic mass is 32.2. The Bertz CT molecular complexity index is 648. The number of nitrogens with one attached hydrogen (secondary N) is 1. The van der Waals surface area contributed by atoms with Gasteiger partial charge in [-0.1, -0.05) is 12.1 Å². The Morgan fingerprint density at radius 2 is 1.91 bits per heavy atom. The first kappa shape index (κ1) is 15.6. The Balaban J connectivity index is 2.10. The lowest BCUT2D eigenvalue weighted by atomic mass is 9.81. The molecule has 0 amide bonds. The molecule has 1 fully saturated rings. The summed E-state index contributed by atoms with van der Waals surface area (Å²) in [6.07, 6.45) is 0.787. The van der Waals surface area contributed by atoms with E-state index in [-0.39, 0.29) is 21.5 Å². The van der Waals surface area contributed by atoms with Crippen LogP contribution >= 0.6 is 11.8 Å². The fourth-order valence-corrected chi connectivity index (χ4v) is 5.18. The zero-order chi connectivity index (χ0) is 16.1. The topological polar surface area (TPSA) is 41.5 Å². The zero-order valence-corrected chi connectivity index (χ0v) is 14.8. The number of rotatable bonds is 1. The highest BCUT2D eigenvalue weighted by Gasteiger charge is 2.49. The number of ketones is 1. The van der Waals surface area contributed by atoms with Crippen molar-refractivity contribution < 1.29 is 4.79 Å². The van der Waals surface area contributed by atoms with E-state index in [2.05, 4.69) is 39.1 Å². The maximum Gasteiger partial charge on any atom is 0.155 e. The summed E-state index contributed by atoms with van der Waals surface area (Å²) in [4.78, 5) is 17.7. The van der Waals surface area contributed by atoms with Crippen LogP contribution in [-0.4, -0.2) is 27.0 Å². The second kappa shape index (κ2) is 5.12. The van der Waals surface area contributed by atoms with Crippen LogP contribution < -0.4 is 5.32 Å². The van der Waals surface area contributed by atoms with Gasteiger partial charge in [0.05, 0.1) is 22.5 Å². The standard InChI is InChI=1S/C18H24N2OS/c1-11-16(21)15(18(4,5)22-11)14-10-17(2,3)20-13-9-7-6-8-12(13)19-14/h6-9,11,15,20H,10H2,1-5H3. The van der Waals surface area contributed by atoms with Crippen LogP contribution in [0.3, 0.4) is 0 Å². The number of benzene rings is 1. The van der Waals surface area contributed by atoms with Crippen molar-refractivity contribution in [3.63, 3.8) is 0 Å². The van der Waals surface area contributed by atoms with Crippen molar-refractivity contribution in [3.8, 4) is 0 Å². The van der Waals surface area contributed by atoms with Crippen molar-refractivity contribution in [1.29, 1.82) is 0 Å². The van der Waals surface area contributed by atoms with Gasteiger partial charge in [-0.3, -0.25) is 9.79 Å². The SMILES string of the molecule is CC1SC(C)(C)C(C2=Nc3ccccc3NC(C)(C)C2)C1=O. The summed E-state index contributed by atoms with van der Waals surface area (Å²) in [5, 5.41) is 3.63. The second-order valence-electron chi connectivity index (χ2n) is 7.50. The summed E-state index contributed by atoms with van der Waals surface area (Å²) in [5.74, 6) is 0.226. The van der Waals surface area contributed by atoms with Gasteiger partial charge in [-0.15, -0.1) is 11.8 Å². The predicted molar refractivity (Wildman–Crippen MR) is 95.5 cm³/mol. The maximum atomic E-state index is 12.7. The number of aliphatic imine (C=N–C) groups is 1. The van der Waals surface area contributed by atoms with Gasteiger partial charge in [0.25, 0.3) is 0 Å². The second-order valence-corrected chi connectivity index (χ2v) is 9.50. The molecule has 1 saturated heterocycles. The van der Waals surface area contributed by atoms with Crippen LogP contribution in [-0.2, 0) is 4.79 Å². The van der Waals surface area contributed by atoms with Crippen molar-refractivity contribution in [1.82, 2.24) is 0 Å². The molecule has 0 saturated carbocycles. The summed E-state index contributed by atoms with van der Waals surface area (Å²) in [7, 11) is 0. The van der Waals surface area contributed by atoms with Gasteiger partial charge in [-0.05, 0) is 46.8 Å². The third kappa shape index (κ3) is 2.69. The Morgan fingerprint density at radius 3 is 2.55 bits per heavy atom. The third-order valence-corrected chi connectivity index (χ3v) is 5.89. The van der Waals surface area contributed by atoms with Crippen LogP contribution in [0.2, 0.25) is 0 Å². The predicted octanol–water partition coefficient (Wildman–Crippen LogP) is 4.45. The molecular weight excluding hydrogens is 292 g/mol. The fourth-order valence-electron chi connectivity index (χ4n) is 3.62. The zero-order valence-electron chi connectivity index (χ0n) is 13.9. The van der Waals surface area contributed by atoms with Crippen molar-refractivity contribution in [2.24, 2.45) is 10.9 Å². The van der Waals surface area contributed by atoms with Gasteiger partial charge < -0.3 is 5.32 Å². The van der Waals surface area contributed by atoms with Crippen LogP contribution in [0.15, 0.2) is 29.3 Å². The molecule has 22 heavy (non-hydrogen) atoms. The lowest BCUT2D eigenvalue weighted by Gasteiger charge is -2.30. The Labute approximate surface area is 137 Å². The number of Topliss-reactive ketones (excluding diaryl/α,β-unsaturated/α-hetero) is 1. The minimum absolute atomic E-state index is 0.0530. The highest BCUT2D eigenvalue weighted by Crippen LogP contribution is 2.47. The summed E-state index contributed by atoms with van der Waals surface area (Å²) in [6, 6.07) is 8.10. The summed E-state index contributed by atoms with van der Waals surface area (Å²) >= 11 is 1.77. The molecule has 1 N–H and O–H groups in total. The number of carbonyl (C=O) groups excluding carboxylic acids is 1. The van der Waals surface area contributed by atoms with E-state index < -0.39 is 0 Å². The largest absolute Gasteiger partial charge is 0.378 e. The van der Waals surface area contributed by atoms with E-state index in [9.17, 15) is 4.79 Å². The van der Waals surface area contributed by atoms with E-state index in [0.29, 0.717) is 5.78 Å². The molecule has 2 aliphatic heterocycles. The van der Waals surface area contributed by atoms with E-state index in [4.69, 9.17) is 4.99 Å². The minimum atomic E-state index is -0.113. The third-order valence-electron chi connectivity index (χ3n) is 4.46. The van der Waals surface area contributed by atoms with Crippen molar-refractivity contribution >= 4 is 34.6 Å². The molecule has 3 nitrogen and oxygen atoms in total. The Kier molecular flexibility index (Phi) is 3.63. The molecule has 2 unspecified atom stereocenters. The van der Waals surface area contributed by atoms with Crippen LogP contribution in [0.5, 0.6) is 0 Å². The van der Waals surface area contributed by atoms with E-state index >= 15 is 0 Å². The first-order valence-electron chi connectivity index (χ1n) is 7.86. The van der Waals surface area contributed by atoms with Gasteiger partial charge in [-0.25, -0.2) is 0 Å². The molecule has 0 aromatic heterocycles.